The summed E-state index contributed by atoms with van der Waals surface area (Å²) in [6.45, 7) is 6.79. The van der Waals surface area contributed by atoms with Crippen molar-refractivity contribution in [2.75, 3.05) is 10.6 Å². The van der Waals surface area contributed by atoms with Crippen LogP contribution in [0.3, 0.4) is 0 Å². The first kappa shape index (κ1) is 27.3. The van der Waals surface area contributed by atoms with E-state index in [4.69, 9.17) is 14.6 Å². The number of hydrogen-bond donors (Lipinski definition) is 3. The summed E-state index contributed by atoms with van der Waals surface area (Å²) >= 11 is 0. The van der Waals surface area contributed by atoms with Crippen LogP contribution in [-0.4, -0.2) is 44.2 Å². The predicted octanol–water partition coefficient (Wildman–Crippen LogP) is 4.95. The molecule has 196 valence electrons. The molecule has 0 aliphatic heterocycles. The standard InChI is InChI=1S/C24H25F3N6O4/c1-13(10-16(28)21(35)37-23(2,3)4)31-22-29-11-15(12-30-22)32-19(34)17-18(24(25,26)27)36-20(33-17)14-8-6-5-7-9-14/h5-9,11-13,28H,10H2,1-4H3,(H,32,34)(H,29,30,31)/t13-/m0/s1. The van der Waals surface area contributed by atoms with E-state index in [0.717, 1.165) is 0 Å². The van der Waals surface area contributed by atoms with Crippen LogP contribution < -0.4 is 10.6 Å². The van der Waals surface area contributed by atoms with Gasteiger partial charge in [0.15, 0.2) is 5.69 Å². The molecule has 3 N–H and O–H groups in total. The zero-order valence-corrected chi connectivity index (χ0v) is 20.4. The third-order valence-electron chi connectivity index (χ3n) is 4.56. The van der Waals surface area contributed by atoms with Crippen LogP contribution in [0.15, 0.2) is 47.1 Å². The van der Waals surface area contributed by atoms with E-state index >= 15 is 0 Å². The Balaban J connectivity index is 1.66. The molecular formula is C24H25F3N6O4. The van der Waals surface area contributed by atoms with Crippen molar-refractivity contribution < 1.29 is 31.9 Å². The van der Waals surface area contributed by atoms with Crippen molar-refractivity contribution in [2.24, 2.45) is 0 Å². The first-order valence-corrected chi connectivity index (χ1v) is 11.1. The second-order valence-corrected chi connectivity index (χ2v) is 9.04. The normalized spacial score (nSPS) is 12.5. The number of ether oxygens (including phenoxy) is 1. The van der Waals surface area contributed by atoms with Gasteiger partial charge in [0.2, 0.25) is 17.6 Å². The number of carbonyl (C=O) groups excluding carboxylic acids is 2. The van der Waals surface area contributed by atoms with Crippen molar-refractivity contribution >= 4 is 29.2 Å². The highest BCUT2D eigenvalue weighted by atomic mass is 19.4. The van der Waals surface area contributed by atoms with Gasteiger partial charge in [0, 0.05) is 18.0 Å². The van der Waals surface area contributed by atoms with Crippen LogP contribution in [0.4, 0.5) is 24.8 Å². The third kappa shape index (κ3) is 7.59. The fourth-order valence-corrected chi connectivity index (χ4v) is 3.03. The van der Waals surface area contributed by atoms with Crippen molar-refractivity contribution in [3.05, 3.63) is 54.2 Å². The number of anilines is 2. The number of aromatic nitrogens is 3. The molecular weight excluding hydrogens is 493 g/mol. The van der Waals surface area contributed by atoms with Crippen LogP contribution in [0.2, 0.25) is 0 Å². The number of amides is 1. The van der Waals surface area contributed by atoms with Crippen molar-refractivity contribution in [1.82, 2.24) is 15.0 Å². The number of rotatable bonds is 8. The maximum Gasteiger partial charge on any atom is 0.452 e. The minimum atomic E-state index is -4.94. The number of nitrogens with zero attached hydrogens (tertiary/aromatic N) is 3. The largest absolute Gasteiger partial charge is 0.456 e. The lowest BCUT2D eigenvalue weighted by atomic mass is 10.1. The second kappa shape index (κ2) is 10.8. The van der Waals surface area contributed by atoms with Crippen molar-refractivity contribution in [1.29, 1.82) is 5.41 Å². The first-order chi connectivity index (χ1) is 17.2. The molecule has 3 aromatic rings. The SMILES string of the molecule is C[C@@H](CC(=N)C(=O)OC(C)(C)C)Nc1ncc(NC(=O)c2nc(-c3ccccc3)oc2C(F)(F)F)cn1. The molecule has 0 spiro atoms. The molecule has 1 amide bonds. The monoisotopic (exact) mass is 518 g/mol. The number of nitrogens with one attached hydrogen (secondary N) is 3. The molecule has 0 bridgehead atoms. The summed E-state index contributed by atoms with van der Waals surface area (Å²) in [6, 6.07) is 7.46. The molecule has 0 aliphatic rings. The van der Waals surface area contributed by atoms with E-state index < -0.39 is 41.1 Å². The van der Waals surface area contributed by atoms with Gasteiger partial charge in [-0.3, -0.25) is 10.2 Å². The fraction of sp³-hybridized carbons (Fsp3) is 0.333. The fourth-order valence-electron chi connectivity index (χ4n) is 3.03. The van der Waals surface area contributed by atoms with Gasteiger partial charge in [0.25, 0.3) is 5.91 Å². The van der Waals surface area contributed by atoms with E-state index in [-0.39, 0.29) is 35.2 Å². The summed E-state index contributed by atoms with van der Waals surface area (Å²) in [6.07, 6.45) is -2.54. The number of benzene rings is 1. The molecule has 0 fully saturated rings. The molecule has 0 saturated heterocycles. The Morgan fingerprint density at radius 3 is 2.30 bits per heavy atom. The lowest BCUT2D eigenvalue weighted by Crippen LogP contribution is -2.31. The van der Waals surface area contributed by atoms with E-state index in [1.54, 1.807) is 45.9 Å². The molecule has 0 aliphatic carbocycles. The summed E-state index contributed by atoms with van der Waals surface area (Å²) in [5.74, 6) is -3.64. The number of esters is 1. The van der Waals surface area contributed by atoms with Crippen LogP contribution in [0.25, 0.3) is 11.5 Å². The molecule has 0 saturated carbocycles. The molecule has 3 rings (SSSR count). The molecule has 10 nitrogen and oxygen atoms in total. The number of oxazole rings is 1. The Bertz CT molecular complexity index is 1270. The minimum Gasteiger partial charge on any atom is -0.456 e. The molecule has 1 atom stereocenters. The van der Waals surface area contributed by atoms with Gasteiger partial charge in [-0.25, -0.2) is 19.7 Å². The lowest BCUT2D eigenvalue weighted by molar-refractivity contribution is -0.153. The van der Waals surface area contributed by atoms with Crippen LogP contribution in [0, 0.1) is 5.41 Å². The minimum absolute atomic E-state index is 0.0158. The highest BCUT2D eigenvalue weighted by Crippen LogP contribution is 2.35. The van der Waals surface area contributed by atoms with Crippen molar-refractivity contribution in [3.8, 4) is 11.5 Å². The number of halogens is 3. The average molecular weight is 518 g/mol. The van der Waals surface area contributed by atoms with Gasteiger partial charge in [-0.05, 0) is 39.8 Å². The number of carbonyl (C=O) groups is 2. The van der Waals surface area contributed by atoms with Gasteiger partial charge in [0.05, 0.1) is 18.1 Å². The quantitative estimate of drug-likeness (QED) is 0.281. The molecule has 2 heterocycles. The first-order valence-electron chi connectivity index (χ1n) is 11.1. The zero-order valence-electron chi connectivity index (χ0n) is 20.4. The summed E-state index contributed by atoms with van der Waals surface area (Å²) in [5, 5.41) is 13.1. The van der Waals surface area contributed by atoms with E-state index in [1.807, 2.05) is 0 Å². The Hall–Kier alpha value is -4.29. The van der Waals surface area contributed by atoms with E-state index in [1.165, 1.54) is 24.5 Å². The topological polar surface area (TPSA) is 143 Å². The predicted molar refractivity (Wildman–Crippen MR) is 128 cm³/mol. The highest BCUT2D eigenvalue weighted by molar-refractivity contribution is 6.35. The van der Waals surface area contributed by atoms with E-state index in [2.05, 4.69) is 25.6 Å². The third-order valence-corrected chi connectivity index (χ3v) is 4.56. The Kier molecular flexibility index (Phi) is 7.94. The van der Waals surface area contributed by atoms with Gasteiger partial charge in [-0.2, -0.15) is 13.2 Å². The van der Waals surface area contributed by atoms with E-state index in [0.29, 0.717) is 0 Å². The smallest absolute Gasteiger partial charge is 0.452 e. The van der Waals surface area contributed by atoms with Crippen LogP contribution in [0.1, 0.15) is 50.4 Å². The summed E-state index contributed by atoms with van der Waals surface area (Å²) in [7, 11) is 0. The molecule has 13 heteroatoms. The van der Waals surface area contributed by atoms with Gasteiger partial charge in [-0.1, -0.05) is 18.2 Å². The molecule has 37 heavy (non-hydrogen) atoms. The van der Waals surface area contributed by atoms with Crippen molar-refractivity contribution in [2.45, 2.75) is 51.9 Å². The molecule has 1 aromatic carbocycles. The van der Waals surface area contributed by atoms with E-state index in [9.17, 15) is 22.8 Å². The summed E-state index contributed by atoms with van der Waals surface area (Å²) < 4.78 is 50.5. The molecule has 0 unspecified atom stereocenters. The van der Waals surface area contributed by atoms with Gasteiger partial charge in [-0.15, -0.1) is 0 Å². The Labute approximate surface area is 210 Å². The van der Waals surface area contributed by atoms with Crippen LogP contribution in [-0.2, 0) is 15.7 Å². The average Bonchev–Trinajstić information content (AvgIpc) is 3.26. The van der Waals surface area contributed by atoms with Crippen LogP contribution >= 0.6 is 0 Å². The Morgan fingerprint density at radius 2 is 1.73 bits per heavy atom. The second-order valence-electron chi connectivity index (χ2n) is 9.04. The Morgan fingerprint density at radius 1 is 1.11 bits per heavy atom. The lowest BCUT2D eigenvalue weighted by Gasteiger charge is -2.20. The van der Waals surface area contributed by atoms with Gasteiger partial charge < -0.3 is 19.8 Å². The van der Waals surface area contributed by atoms with Crippen LogP contribution in [0.5, 0.6) is 0 Å². The zero-order chi connectivity index (χ0) is 27.4. The maximum atomic E-state index is 13.5. The van der Waals surface area contributed by atoms with Gasteiger partial charge >= 0.3 is 12.1 Å². The maximum absolute atomic E-state index is 13.5. The van der Waals surface area contributed by atoms with Gasteiger partial charge in [0.1, 0.15) is 11.3 Å². The van der Waals surface area contributed by atoms with Crippen molar-refractivity contribution in [3.63, 3.8) is 0 Å². The molecule has 2 aromatic heterocycles. The summed E-state index contributed by atoms with van der Waals surface area (Å²) in [5.41, 5.74) is -1.59. The molecule has 0 radical (unpaired) electrons. The summed E-state index contributed by atoms with van der Waals surface area (Å²) in [4.78, 5) is 36.3. The number of alkyl halides is 3. The highest BCUT2D eigenvalue weighted by Gasteiger charge is 2.42. The number of hydrogen-bond acceptors (Lipinski definition) is 9.